The molecule has 0 fully saturated rings. The molecule has 49 heavy (non-hydrogen) atoms. The third-order valence-corrected chi connectivity index (χ3v) is 8.30. The van der Waals surface area contributed by atoms with Crippen LogP contribution < -0.4 is 26.0 Å². The maximum atomic E-state index is 12.3. The number of rotatable bonds is 15. The van der Waals surface area contributed by atoms with Crippen LogP contribution in [0.3, 0.4) is 0 Å². The highest BCUT2D eigenvalue weighted by Crippen LogP contribution is 2.31. The Morgan fingerprint density at radius 2 is 1.82 bits per heavy atom. The zero-order valence-electron chi connectivity index (χ0n) is 26.9. The minimum absolute atomic E-state index is 0.0390. The van der Waals surface area contributed by atoms with Crippen LogP contribution in [-0.4, -0.2) is 72.4 Å². The van der Waals surface area contributed by atoms with Crippen LogP contribution in [-0.2, 0) is 27.4 Å². The number of nitrogens with two attached hydrogens (primary N) is 1. The molecule has 0 saturated heterocycles. The van der Waals surface area contributed by atoms with Crippen LogP contribution in [0.2, 0.25) is 0 Å². The number of ether oxygens (including phenoxy) is 3. The molecule has 0 aliphatic heterocycles. The number of carbonyl (C=O) groups excluding carboxylic acids is 2. The quantitative estimate of drug-likeness (QED) is 0.0700. The molecule has 15 heteroatoms. The number of aromatic amines is 1. The van der Waals surface area contributed by atoms with Crippen LogP contribution >= 0.6 is 11.3 Å². The van der Waals surface area contributed by atoms with Gasteiger partial charge in [0.2, 0.25) is 11.8 Å². The fourth-order valence-electron chi connectivity index (χ4n) is 4.58. The number of aromatic nitrogens is 4. The zero-order valence-corrected chi connectivity index (χ0v) is 27.8. The maximum Gasteiger partial charge on any atom is 0.407 e. The summed E-state index contributed by atoms with van der Waals surface area (Å²) in [6, 6.07) is 21.4. The summed E-state index contributed by atoms with van der Waals surface area (Å²) in [5.41, 5.74) is 10.6. The average molecular weight is 682 g/mol. The predicted octanol–water partition coefficient (Wildman–Crippen LogP) is 4.27. The summed E-state index contributed by atoms with van der Waals surface area (Å²) in [5.74, 6) is -0.0344. The summed E-state index contributed by atoms with van der Waals surface area (Å²) >= 11 is 1.49. The fraction of sp³-hybridized carbons (Fsp3) is 0.235. The third kappa shape index (κ3) is 9.53. The number of methoxy groups -OCH3 is 1. The molecule has 0 bridgehead atoms. The lowest BCUT2D eigenvalue weighted by Crippen LogP contribution is -2.28. The summed E-state index contributed by atoms with van der Waals surface area (Å²) in [5, 5.41) is 14.8. The Morgan fingerprint density at radius 3 is 2.57 bits per heavy atom. The van der Waals surface area contributed by atoms with E-state index in [-0.39, 0.29) is 24.7 Å². The van der Waals surface area contributed by atoms with Gasteiger partial charge in [-0.2, -0.15) is 15.2 Å². The highest BCUT2D eigenvalue weighted by molar-refractivity contribution is 7.16. The number of benzene rings is 2. The first-order chi connectivity index (χ1) is 23.8. The molecule has 5 rings (SSSR count). The fourth-order valence-corrected chi connectivity index (χ4v) is 5.54. The first kappa shape index (κ1) is 34.4. The van der Waals surface area contributed by atoms with E-state index in [0.29, 0.717) is 43.3 Å². The molecule has 0 atom stereocenters. The number of carbonyl (C=O) groups is 2. The Balaban J connectivity index is 1.03. The number of nitriles is 1. The lowest BCUT2D eigenvalue weighted by atomic mass is 10.1. The molecule has 2 aromatic carbocycles. The van der Waals surface area contributed by atoms with E-state index >= 15 is 0 Å². The Morgan fingerprint density at radius 1 is 1.04 bits per heavy atom. The molecular formula is C34H35N9O5S. The van der Waals surface area contributed by atoms with Crippen LogP contribution in [0.1, 0.15) is 16.0 Å². The number of alkyl carbamates (subject to hydrolysis) is 1. The first-order valence-electron chi connectivity index (χ1n) is 15.2. The van der Waals surface area contributed by atoms with Gasteiger partial charge >= 0.3 is 6.09 Å². The van der Waals surface area contributed by atoms with Crippen molar-refractivity contribution in [3.8, 4) is 22.4 Å². The summed E-state index contributed by atoms with van der Waals surface area (Å²) in [7, 11) is 3.47. The third-order valence-electron chi connectivity index (χ3n) is 7.22. The van der Waals surface area contributed by atoms with Crippen molar-refractivity contribution in [1.82, 2.24) is 30.6 Å². The standard InChI is InChI=1S/C34H35N9O5S/c1-43(26-9-7-24(8-10-26)28-12-11-27(49-28)17-25(18-35)31(44)37-13-15-46-2)14-16-47-34(45)38-19-22-3-5-23(6-4-22)20-48-32-29-30(40-21-39-29)41-33(36)42-32/h3-12,17,21H,13-16,19-20H2,1-2H3,(H,37,44)(H,38,45)(H3,36,39,40,41,42)/b25-17+. The van der Waals surface area contributed by atoms with E-state index in [4.69, 9.17) is 19.9 Å². The molecule has 3 heterocycles. The molecule has 3 aromatic heterocycles. The van der Waals surface area contributed by atoms with Gasteiger partial charge in [0.15, 0.2) is 11.2 Å². The predicted molar refractivity (Wildman–Crippen MR) is 187 cm³/mol. The van der Waals surface area contributed by atoms with Crippen molar-refractivity contribution < 1.29 is 23.8 Å². The molecule has 5 N–H and O–H groups in total. The Hall–Kier alpha value is -5.98. The summed E-state index contributed by atoms with van der Waals surface area (Å²) < 4.78 is 16.1. The summed E-state index contributed by atoms with van der Waals surface area (Å²) in [6.45, 7) is 1.99. The topological polar surface area (TPSA) is 193 Å². The number of likely N-dealkylation sites (N-methyl/N-ethyl adjacent to an activating group) is 1. The van der Waals surface area contributed by atoms with E-state index in [1.54, 1.807) is 13.2 Å². The molecule has 2 amide bonds. The molecule has 0 aliphatic carbocycles. The number of hydrogen-bond donors (Lipinski definition) is 4. The van der Waals surface area contributed by atoms with Gasteiger partial charge in [0.1, 0.15) is 24.9 Å². The molecule has 252 valence electrons. The number of nitrogens with one attached hydrogen (secondary N) is 3. The number of nitrogen functional groups attached to an aromatic ring is 1. The van der Waals surface area contributed by atoms with Gasteiger partial charge in [-0.3, -0.25) is 4.79 Å². The van der Waals surface area contributed by atoms with Crippen molar-refractivity contribution in [2.45, 2.75) is 13.2 Å². The molecule has 0 aliphatic rings. The number of imidazole rings is 1. The maximum absolute atomic E-state index is 12.3. The Kier molecular flexibility index (Phi) is 11.7. The van der Waals surface area contributed by atoms with E-state index in [2.05, 4.69) is 30.6 Å². The normalized spacial score (nSPS) is 11.2. The second-order valence-corrected chi connectivity index (χ2v) is 11.8. The first-order valence-corrected chi connectivity index (χ1v) is 16.0. The van der Waals surface area contributed by atoms with Gasteiger partial charge in [-0.25, -0.2) is 9.78 Å². The SMILES string of the molecule is COCCNC(=O)/C(C#N)=C/c1ccc(-c2ccc(N(C)CCOC(=O)NCc3ccc(COc4nc(N)nc5[nH]cnc45)cc3)cc2)s1. The molecule has 5 aromatic rings. The Bertz CT molecular complexity index is 1950. The van der Waals surface area contributed by atoms with Crippen LogP contribution in [0, 0.1) is 11.3 Å². The van der Waals surface area contributed by atoms with Crippen molar-refractivity contribution in [3.05, 3.63) is 88.6 Å². The number of nitrogens with zero attached hydrogens (tertiary/aromatic N) is 5. The van der Waals surface area contributed by atoms with Crippen LogP contribution in [0.4, 0.5) is 16.4 Å². The summed E-state index contributed by atoms with van der Waals surface area (Å²) in [6.07, 6.45) is 2.58. The van der Waals surface area contributed by atoms with Crippen LogP contribution in [0.15, 0.2) is 72.6 Å². The molecule has 0 saturated carbocycles. The van der Waals surface area contributed by atoms with E-state index in [1.807, 2.05) is 78.7 Å². The second kappa shape index (κ2) is 16.7. The second-order valence-electron chi connectivity index (χ2n) is 10.7. The molecule has 0 radical (unpaired) electrons. The zero-order chi connectivity index (χ0) is 34.6. The smallest absolute Gasteiger partial charge is 0.407 e. The van der Waals surface area contributed by atoms with E-state index < -0.39 is 12.0 Å². The van der Waals surface area contributed by atoms with Gasteiger partial charge in [-0.05, 0) is 47.0 Å². The van der Waals surface area contributed by atoms with Crippen molar-refractivity contribution in [2.24, 2.45) is 0 Å². The number of thiophene rings is 1. The lowest BCUT2D eigenvalue weighted by molar-refractivity contribution is -0.117. The average Bonchev–Trinajstić information content (AvgIpc) is 3.79. The van der Waals surface area contributed by atoms with Crippen LogP contribution in [0.5, 0.6) is 5.88 Å². The van der Waals surface area contributed by atoms with Crippen molar-refractivity contribution >= 4 is 52.2 Å². The molecule has 0 unspecified atom stereocenters. The summed E-state index contributed by atoms with van der Waals surface area (Å²) in [4.78, 5) is 43.6. The largest absolute Gasteiger partial charge is 0.471 e. The molecular weight excluding hydrogens is 646 g/mol. The van der Waals surface area contributed by atoms with Gasteiger partial charge < -0.3 is 40.5 Å². The number of fused-ring (bicyclic) bond motifs is 1. The number of anilines is 2. The van der Waals surface area contributed by atoms with Gasteiger partial charge in [-0.1, -0.05) is 36.4 Å². The van der Waals surface area contributed by atoms with Crippen molar-refractivity contribution in [3.63, 3.8) is 0 Å². The number of amides is 2. The Labute approximate surface area is 286 Å². The minimum atomic E-state index is -0.505. The monoisotopic (exact) mass is 681 g/mol. The highest BCUT2D eigenvalue weighted by atomic mass is 32.1. The molecule has 14 nitrogen and oxygen atoms in total. The van der Waals surface area contributed by atoms with E-state index in [9.17, 15) is 14.9 Å². The minimum Gasteiger partial charge on any atom is -0.471 e. The molecule has 0 spiro atoms. The van der Waals surface area contributed by atoms with Crippen LogP contribution in [0.25, 0.3) is 27.7 Å². The van der Waals surface area contributed by atoms with Gasteiger partial charge in [0, 0.05) is 42.7 Å². The van der Waals surface area contributed by atoms with Crippen molar-refractivity contribution in [1.29, 1.82) is 5.26 Å². The van der Waals surface area contributed by atoms with E-state index in [0.717, 1.165) is 32.1 Å². The number of hydrogen-bond acceptors (Lipinski definition) is 12. The van der Waals surface area contributed by atoms with Crippen molar-refractivity contribution in [2.75, 3.05) is 51.1 Å². The van der Waals surface area contributed by atoms with Gasteiger partial charge in [0.05, 0.1) is 19.5 Å². The van der Waals surface area contributed by atoms with Gasteiger partial charge in [-0.15, -0.1) is 11.3 Å². The van der Waals surface area contributed by atoms with Gasteiger partial charge in [0.25, 0.3) is 5.91 Å². The lowest BCUT2D eigenvalue weighted by Gasteiger charge is -2.19. The highest BCUT2D eigenvalue weighted by Gasteiger charge is 2.12. The van der Waals surface area contributed by atoms with E-state index in [1.165, 1.54) is 17.7 Å². The number of H-pyrrole nitrogens is 1.